The van der Waals surface area contributed by atoms with E-state index in [0.717, 1.165) is 16.7 Å². The van der Waals surface area contributed by atoms with Crippen molar-refractivity contribution in [3.8, 4) is 0 Å². The Bertz CT molecular complexity index is 329. The van der Waals surface area contributed by atoms with Gasteiger partial charge in [-0.2, -0.15) is 0 Å². The van der Waals surface area contributed by atoms with Gasteiger partial charge >= 0.3 is 0 Å². The molecule has 0 aromatic heterocycles. The minimum atomic E-state index is 0.0706. The first-order valence-corrected chi connectivity index (χ1v) is 4.32. The molecule has 0 atom stereocenters. The average Bonchev–Trinajstić information content (AvgIpc) is 2.08. The molecule has 1 aromatic rings. The Morgan fingerprint density at radius 3 is 2.38 bits per heavy atom. The van der Waals surface area contributed by atoms with Crippen LogP contribution >= 0.6 is 0 Å². The number of aryl methyl sites for hydroxylation is 1. The van der Waals surface area contributed by atoms with Crippen LogP contribution in [0.1, 0.15) is 21.5 Å². The third-order valence-electron chi connectivity index (χ3n) is 2.24. The van der Waals surface area contributed by atoms with E-state index in [4.69, 9.17) is 0 Å². The van der Waals surface area contributed by atoms with E-state index in [0.29, 0.717) is 0 Å². The summed E-state index contributed by atoms with van der Waals surface area (Å²) in [6.45, 7) is 3.99. The van der Waals surface area contributed by atoms with Crippen molar-refractivity contribution in [3.05, 3.63) is 34.9 Å². The van der Waals surface area contributed by atoms with Crippen molar-refractivity contribution in [2.45, 2.75) is 13.8 Å². The monoisotopic (exact) mass is 177 g/mol. The molecule has 0 unspecified atom stereocenters. The summed E-state index contributed by atoms with van der Waals surface area (Å²) in [5, 5.41) is 0. The average molecular weight is 177 g/mol. The Morgan fingerprint density at radius 2 is 1.85 bits per heavy atom. The molecule has 0 aliphatic rings. The van der Waals surface area contributed by atoms with E-state index in [1.54, 1.807) is 19.0 Å². The van der Waals surface area contributed by atoms with E-state index in [1.807, 2.05) is 32.0 Å². The van der Waals surface area contributed by atoms with E-state index in [2.05, 4.69) is 0 Å². The Balaban J connectivity index is 3.15. The fourth-order valence-corrected chi connectivity index (χ4v) is 1.22. The number of hydrogen-bond acceptors (Lipinski definition) is 1. The van der Waals surface area contributed by atoms with E-state index >= 15 is 0 Å². The third kappa shape index (κ3) is 1.89. The highest BCUT2D eigenvalue weighted by atomic mass is 16.2. The molecule has 0 spiro atoms. The lowest BCUT2D eigenvalue weighted by molar-refractivity contribution is 0.0827. The number of rotatable bonds is 1. The van der Waals surface area contributed by atoms with Gasteiger partial charge in [0.15, 0.2) is 0 Å². The molecule has 1 aromatic carbocycles. The number of amides is 1. The van der Waals surface area contributed by atoms with Crippen LogP contribution in [-0.4, -0.2) is 24.9 Å². The molecule has 0 saturated heterocycles. The van der Waals surface area contributed by atoms with Crippen LogP contribution in [-0.2, 0) is 0 Å². The maximum Gasteiger partial charge on any atom is 0.253 e. The number of nitrogens with zero attached hydrogens (tertiary/aromatic N) is 1. The van der Waals surface area contributed by atoms with Gasteiger partial charge in [-0.15, -0.1) is 0 Å². The Labute approximate surface area is 79.2 Å². The van der Waals surface area contributed by atoms with Gasteiger partial charge in [-0.25, -0.2) is 0 Å². The van der Waals surface area contributed by atoms with Crippen LogP contribution in [0.5, 0.6) is 0 Å². The topological polar surface area (TPSA) is 20.3 Å². The van der Waals surface area contributed by atoms with E-state index in [-0.39, 0.29) is 5.91 Å². The number of benzene rings is 1. The predicted molar refractivity (Wildman–Crippen MR) is 53.9 cm³/mol. The first-order valence-electron chi connectivity index (χ1n) is 4.32. The van der Waals surface area contributed by atoms with Crippen molar-refractivity contribution < 1.29 is 4.79 Å². The molecule has 13 heavy (non-hydrogen) atoms. The van der Waals surface area contributed by atoms with E-state index in [1.165, 1.54) is 0 Å². The molecule has 2 heteroatoms. The lowest BCUT2D eigenvalue weighted by Crippen LogP contribution is -2.22. The van der Waals surface area contributed by atoms with Gasteiger partial charge in [0.25, 0.3) is 5.91 Å². The molecule has 1 rings (SSSR count). The standard InChI is InChI=1S/C11H15NO/c1-8-6-5-7-10(9(8)2)11(13)12(3)4/h5-7H,1-4H3. The van der Waals surface area contributed by atoms with Crippen LogP contribution in [0.4, 0.5) is 0 Å². The Hall–Kier alpha value is -1.31. The summed E-state index contributed by atoms with van der Waals surface area (Å²) < 4.78 is 0. The van der Waals surface area contributed by atoms with Crippen molar-refractivity contribution >= 4 is 5.91 Å². The summed E-state index contributed by atoms with van der Waals surface area (Å²) in [5.41, 5.74) is 3.03. The highest BCUT2D eigenvalue weighted by Gasteiger charge is 2.10. The highest BCUT2D eigenvalue weighted by Crippen LogP contribution is 2.13. The second kappa shape index (κ2) is 3.60. The van der Waals surface area contributed by atoms with Crippen molar-refractivity contribution in [2.24, 2.45) is 0 Å². The molecule has 0 N–H and O–H groups in total. The fraction of sp³-hybridized carbons (Fsp3) is 0.364. The molecular formula is C11H15NO. The fourth-order valence-electron chi connectivity index (χ4n) is 1.22. The molecule has 0 heterocycles. The number of hydrogen-bond donors (Lipinski definition) is 0. The van der Waals surface area contributed by atoms with Crippen molar-refractivity contribution in [3.63, 3.8) is 0 Å². The molecule has 70 valence electrons. The smallest absolute Gasteiger partial charge is 0.253 e. The van der Waals surface area contributed by atoms with Gasteiger partial charge in [-0.05, 0) is 31.0 Å². The molecule has 2 nitrogen and oxygen atoms in total. The normalized spacial score (nSPS) is 9.85. The van der Waals surface area contributed by atoms with Crippen molar-refractivity contribution in [1.29, 1.82) is 0 Å². The summed E-state index contributed by atoms with van der Waals surface area (Å²) in [6, 6.07) is 5.80. The zero-order chi connectivity index (χ0) is 10.0. The summed E-state index contributed by atoms with van der Waals surface area (Å²) in [5.74, 6) is 0.0706. The van der Waals surface area contributed by atoms with E-state index in [9.17, 15) is 4.79 Å². The van der Waals surface area contributed by atoms with Gasteiger partial charge in [-0.1, -0.05) is 12.1 Å². The first kappa shape index (κ1) is 9.78. The maximum atomic E-state index is 11.6. The Morgan fingerprint density at radius 1 is 1.23 bits per heavy atom. The first-order chi connectivity index (χ1) is 6.04. The number of carbonyl (C=O) groups excluding carboxylic acids is 1. The van der Waals surface area contributed by atoms with Crippen LogP contribution in [0.3, 0.4) is 0 Å². The van der Waals surface area contributed by atoms with Crippen molar-refractivity contribution in [1.82, 2.24) is 4.90 Å². The molecule has 1 amide bonds. The second-order valence-corrected chi connectivity index (χ2v) is 3.45. The number of carbonyl (C=O) groups is 1. The van der Waals surface area contributed by atoms with E-state index < -0.39 is 0 Å². The molecular weight excluding hydrogens is 162 g/mol. The van der Waals surface area contributed by atoms with Crippen LogP contribution in [0.2, 0.25) is 0 Å². The minimum absolute atomic E-state index is 0.0706. The molecule has 0 saturated carbocycles. The van der Waals surface area contributed by atoms with Crippen LogP contribution in [0.15, 0.2) is 18.2 Å². The SMILES string of the molecule is Cc1cccc(C(=O)N(C)C)c1C. The largest absolute Gasteiger partial charge is 0.345 e. The lowest BCUT2D eigenvalue weighted by Gasteiger charge is -2.13. The van der Waals surface area contributed by atoms with Crippen molar-refractivity contribution in [2.75, 3.05) is 14.1 Å². The molecule has 0 bridgehead atoms. The van der Waals surface area contributed by atoms with Gasteiger partial charge in [0, 0.05) is 19.7 Å². The maximum absolute atomic E-state index is 11.6. The predicted octanol–water partition coefficient (Wildman–Crippen LogP) is 2.01. The van der Waals surface area contributed by atoms with Crippen LogP contribution < -0.4 is 0 Å². The zero-order valence-corrected chi connectivity index (χ0v) is 8.59. The van der Waals surface area contributed by atoms with Crippen LogP contribution in [0, 0.1) is 13.8 Å². The van der Waals surface area contributed by atoms with Gasteiger partial charge in [0.1, 0.15) is 0 Å². The molecule has 0 radical (unpaired) electrons. The summed E-state index contributed by atoms with van der Waals surface area (Å²) >= 11 is 0. The zero-order valence-electron chi connectivity index (χ0n) is 8.59. The third-order valence-corrected chi connectivity index (χ3v) is 2.24. The summed E-state index contributed by atoms with van der Waals surface area (Å²) in [7, 11) is 3.54. The van der Waals surface area contributed by atoms with Gasteiger partial charge < -0.3 is 4.90 Å². The van der Waals surface area contributed by atoms with Crippen LogP contribution in [0.25, 0.3) is 0 Å². The minimum Gasteiger partial charge on any atom is -0.345 e. The quantitative estimate of drug-likeness (QED) is 0.642. The summed E-state index contributed by atoms with van der Waals surface area (Å²) in [4.78, 5) is 13.2. The molecule has 0 fully saturated rings. The lowest BCUT2D eigenvalue weighted by atomic mass is 10.0. The van der Waals surface area contributed by atoms with Gasteiger partial charge in [-0.3, -0.25) is 4.79 Å². The second-order valence-electron chi connectivity index (χ2n) is 3.45. The molecule has 0 aliphatic heterocycles. The summed E-state index contributed by atoms with van der Waals surface area (Å²) in [6.07, 6.45) is 0. The van der Waals surface area contributed by atoms with Gasteiger partial charge in [0.05, 0.1) is 0 Å². The molecule has 0 aliphatic carbocycles. The van der Waals surface area contributed by atoms with Gasteiger partial charge in [0.2, 0.25) is 0 Å². The highest BCUT2D eigenvalue weighted by molar-refractivity contribution is 5.95. The Kier molecular flexibility index (Phi) is 2.71.